The highest BCUT2D eigenvalue weighted by atomic mass is 32.1. The van der Waals surface area contributed by atoms with Gasteiger partial charge in [0.05, 0.1) is 10.2 Å². The maximum Gasteiger partial charge on any atom is 0.405 e. The van der Waals surface area contributed by atoms with Crippen LogP contribution in [-0.2, 0) is 11.3 Å². The number of aromatic nitrogens is 1. The fourth-order valence-corrected chi connectivity index (χ4v) is 5.23. The minimum absolute atomic E-state index is 0.147. The van der Waals surface area contributed by atoms with Crippen LogP contribution in [0.5, 0.6) is 10.9 Å². The van der Waals surface area contributed by atoms with Crippen LogP contribution in [-0.4, -0.2) is 63.6 Å². The summed E-state index contributed by atoms with van der Waals surface area (Å²) in [6, 6.07) is 16.5. The molecule has 0 unspecified atom stereocenters. The SMILES string of the molecule is O=C(O)NCC(=O)N1C[C@@H]2C[C@H]1CN2Cc1ccc(Oc2nc3ccccc3s2)cc1. The van der Waals surface area contributed by atoms with Gasteiger partial charge >= 0.3 is 6.09 Å². The van der Waals surface area contributed by atoms with Crippen molar-refractivity contribution in [3.8, 4) is 10.9 Å². The number of thiazole rings is 1. The average Bonchev–Trinajstić information content (AvgIpc) is 3.46. The Morgan fingerprint density at radius 2 is 1.94 bits per heavy atom. The maximum atomic E-state index is 12.2. The van der Waals surface area contributed by atoms with Gasteiger partial charge in [0.25, 0.3) is 5.19 Å². The smallest absolute Gasteiger partial charge is 0.405 e. The number of carboxylic acid groups (broad SMARTS) is 1. The molecule has 2 atom stereocenters. The first kappa shape index (κ1) is 19.8. The molecule has 2 N–H and O–H groups in total. The standard InChI is InChI=1S/C22H22N4O4S/c27-20(10-23-21(28)29)26-13-15-9-16(26)12-25(15)11-14-5-7-17(8-6-14)30-22-24-18-3-1-2-4-19(18)31-22/h1-8,15-16,23H,9-13H2,(H,28,29)/t15-,16-/m0/s1. The number of piperazine rings is 1. The van der Waals surface area contributed by atoms with Crippen molar-refractivity contribution in [3.63, 3.8) is 0 Å². The van der Waals surface area contributed by atoms with E-state index in [0.717, 1.165) is 35.5 Å². The Labute approximate surface area is 183 Å². The van der Waals surface area contributed by atoms with E-state index in [0.29, 0.717) is 17.8 Å². The molecule has 2 saturated heterocycles. The summed E-state index contributed by atoms with van der Waals surface area (Å²) in [5.74, 6) is 0.611. The van der Waals surface area contributed by atoms with Gasteiger partial charge in [0.2, 0.25) is 5.91 Å². The molecule has 2 aromatic carbocycles. The Morgan fingerprint density at radius 1 is 1.13 bits per heavy atom. The molecule has 31 heavy (non-hydrogen) atoms. The normalized spacial score (nSPS) is 20.3. The van der Waals surface area contributed by atoms with E-state index in [4.69, 9.17) is 9.84 Å². The van der Waals surface area contributed by atoms with Crippen molar-refractivity contribution in [1.82, 2.24) is 20.1 Å². The van der Waals surface area contributed by atoms with Crippen LogP contribution in [0.2, 0.25) is 0 Å². The van der Waals surface area contributed by atoms with E-state index in [-0.39, 0.29) is 18.5 Å². The summed E-state index contributed by atoms with van der Waals surface area (Å²) in [7, 11) is 0. The van der Waals surface area contributed by atoms with Gasteiger partial charge in [-0.15, -0.1) is 0 Å². The van der Waals surface area contributed by atoms with Gasteiger partial charge in [0, 0.05) is 31.7 Å². The molecular weight excluding hydrogens is 416 g/mol. The quantitative estimate of drug-likeness (QED) is 0.614. The highest BCUT2D eigenvalue weighted by Gasteiger charge is 2.44. The first-order valence-electron chi connectivity index (χ1n) is 10.2. The second-order valence-electron chi connectivity index (χ2n) is 7.87. The van der Waals surface area contributed by atoms with E-state index in [1.54, 1.807) is 0 Å². The van der Waals surface area contributed by atoms with Crippen LogP contribution in [0, 0.1) is 0 Å². The van der Waals surface area contributed by atoms with Crippen molar-refractivity contribution in [3.05, 3.63) is 54.1 Å². The molecule has 2 aliphatic rings. The van der Waals surface area contributed by atoms with Crippen molar-refractivity contribution >= 4 is 33.6 Å². The Hall–Kier alpha value is -3.17. The summed E-state index contributed by atoms with van der Waals surface area (Å²) < 4.78 is 7.02. The molecule has 0 spiro atoms. The monoisotopic (exact) mass is 438 g/mol. The Balaban J connectivity index is 1.16. The number of nitrogens with zero attached hydrogens (tertiary/aromatic N) is 3. The lowest BCUT2D eigenvalue weighted by atomic mass is 10.2. The molecule has 8 nitrogen and oxygen atoms in total. The summed E-state index contributed by atoms with van der Waals surface area (Å²) >= 11 is 1.53. The first-order chi connectivity index (χ1) is 15.0. The third kappa shape index (κ3) is 4.19. The van der Waals surface area contributed by atoms with Gasteiger partial charge in [0.1, 0.15) is 12.3 Å². The van der Waals surface area contributed by atoms with Crippen LogP contribution in [0.4, 0.5) is 4.79 Å². The van der Waals surface area contributed by atoms with Gasteiger partial charge in [-0.05, 0) is 36.2 Å². The van der Waals surface area contributed by atoms with Gasteiger partial charge in [-0.3, -0.25) is 9.69 Å². The van der Waals surface area contributed by atoms with Crippen LogP contribution < -0.4 is 10.1 Å². The number of para-hydroxylation sites is 1. The zero-order chi connectivity index (χ0) is 21.4. The average molecular weight is 439 g/mol. The highest BCUT2D eigenvalue weighted by Crippen LogP contribution is 2.33. The molecule has 0 radical (unpaired) electrons. The van der Waals surface area contributed by atoms with Gasteiger partial charge < -0.3 is 20.1 Å². The molecule has 3 heterocycles. The second-order valence-corrected chi connectivity index (χ2v) is 8.86. The molecular formula is C22H22N4O4S. The van der Waals surface area contributed by atoms with Crippen LogP contribution in [0.15, 0.2) is 48.5 Å². The predicted octanol–water partition coefficient (Wildman–Crippen LogP) is 3.14. The fourth-order valence-electron chi connectivity index (χ4n) is 4.39. The van der Waals surface area contributed by atoms with Crippen molar-refractivity contribution in [2.45, 2.75) is 25.0 Å². The lowest BCUT2D eigenvalue weighted by Gasteiger charge is -2.34. The van der Waals surface area contributed by atoms with Crippen LogP contribution in [0.25, 0.3) is 10.2 Å². The van der Waals surface area contributed by atoms with Gasteiger partial charge in [-0.1, -0.05) is 35.6 Å². The summed E-state index contributed by atoms with van der Waals surface area (Å²) in [4.78, 5) is 31.5. The molecule has 2 amide bonds. The van der Waals surface area contributed by atoms with E-state index in [1.807, 2.05) is 41.3 Å². The summed E-state index contributed by atoms with van der Waals surface area (Å²) in [5, 5.41) is 11.5. The number of carbonyl (C=O) groups excluding carboxylic acids is 1. The molecule has 9 heteroatoms. The second kappa shape index (κ2) is 8.16. The highest BCUT2D eigenvalue weighted by molar-refractivity contribution is 7.20. The molecule has 1 aromatic heterocycles. The number of ether oxygens (including phenoxy) is 1. The Bertz CT molecular complexity index is 1080. The maximum absolute atomic E-state index is 12.2. The fraction of sp³-hybridized carbons (Fsp3) is 0.318. The number of amides is 2. The summed E-state index contributed by atoms with van der Waals surface area (Å²) in [6.45, 7) is 2.13. The number of likely N-dealkylation sites (tertiary alicyclic amines) is 2. The van der Waals surface area contributed by atoms with Crippen molar-refractivity contribution in [1.29, 1.82) is 0 Å². The van der Waals surface area contributed by atoms with Crippen molar-refractivity contribution in [2.24, 2.45) is 0 Å². The first-order valence-corrected chi connectivity index (χ1v) is 11.0. The third-order valence-corrected chi connectivity index (χ3v) is 6.77. The Morgan fingerprint density at radius 3 is 2.65 bits per heavy atom. The molecule has 0 aliphatic carbocycles. The predicted molar refractivity (Wildman–Crippen MR) is 116 cm³/mol. The largest absolute Gasteiger partial charge is 0.465 e. The van der Waals surface area contributed by atoms with E-state index in [2.05, 4.69) is 27.3 Å². The number of benzene rings is 2. The molecule has 160 valence electrons. The Kier molecular flexibility index (Phi) is 5.21. The summed E-state index contributed by atoms with van der Waals surface area (Å²) in [5.41, 5.74) is 2.13. The number of hydrogen-bond donors (Lipinski definition) is 2. The van der Waals surface area contributed by atoms with Gasteiger partial charge in [0.15, 0.2) is 0 Å². The molecule has 3 aromatic rings. The minimum Gasteiger partial charge on any atom is -0.465 e. The molecule has 2 aliphatic heterocycles. The molecule has 0 saturated carbocycles. The van der Waals surface area contributed by atoms with E-state index < -0.39 is 6.09 Å². The van der Waals surface area contributed by atoms with Crippen LogP contribution in [0.1, 0.15) is 12.0 Å². The van der Waals surface area contributed by atoms with Crippen molar-refractivity contribution < 1.29 is 19.4 Å². The third-order valence-electron chi connectivity index (χ3n) is 5.85. The lowest BCUT2D eigenvalue weighted by Crippen LogP contribution is -2.50. The van der Waals surface area contributed by atoms with E-state index in [1.165, 1.54) is 16.9 Å². The molecule has 5 rings (SSSR count). The zero-order valence-electron chi connectivity index (χ0n) is 16.7. The van der Waals surface area contributed by atoms with E-state index in [9.17, 15) is 9.59 Å². The van der Waals surface area contributed by atoms with Crippen LogP contribution >= 0.6 is 11.3 Å². The summed E-state index contributed by atoms with van der Waals surface area (Å²) in [6.07, 6.45) is -0.229. The topological polar surface area (TPSA) is 95.0 Å². The zero-order valence-corrected chi connectivity index (χ0v) is 17.5. The molecule has 2 fully saturated rings. The number of fused-ring (bicyclic) bond motifs is 3. The lowest BCUT2D eigenvalue weighted by molar-refractivity contribution is -0.132. The molecule has 2 bridgehead atoms. The van der Waals surface area contributed by atoms with Gasteiger partial charge in [-0.25, -0.2) is 9.78 Å². The van der Waals surface area contributed by atoms with Gasteiger partial charge in [-0.2, -0.15) is 0 Å². The van der Waals surface area contributed by atoms with E-state index >= 15 is 0 Å². The van der Waals surface area contributed by atoms with Crippen molar-refractivity contribution in [2.75, 3.05) is 19.6 Å². The number of hydrogen-bond acceptors (Lipinski definition) is 6. The number of carbonyl (C=O) groups is 2. The minimum atomic E-state index is -1.17. The number of rotatable bonds is 6. The van der Waals surface area contributed by atoms with Crippen LogP contribution in [0.3, 0.4) is 0 Å². The number of nitrogens with one attached hydrogen (secondary N) is 1.